The van der Waals surface area contributed by atoms with Gasteiger partial charge < -0.3 is 4.90 Å². The molecule has 0 atom stereocenters. The SMILES string of the molecule is CN(CCBr)C(=O)c1cc2ccccc2s1. The molecule has 0 aliphatic carbocycles. The van der Waals surface area contributed by atoms with E-state index >= 15 is 0 Å². The van der Waals surface area contributed by atoms with Crippen molar-refractivity contribution in [3.8, 4) is 0 Å². The Morgan fingerprint density at radius 1 is 1.44 bits per heavy atom. The van der Waals surface area contributed by atoms with E-state index in [4.69, 9.17) is 0 Å². The molecule has 4 heteroatoms. The molecule has 1 heterocycles. The number of thiophene rings is 1. The summed E-state index contributed by atoms with van der Waals surface area (Å²) in [7, 11) is 1.83. The van der Waals surface area contributed by atoms with E-state index in [9.17, 15) is 4.79 Å². The Kier molecular flexibility index (Phi) is 3.61. The first kappa shape index (κ1) is 11.6. The van der Waals surface area contributed by atoms with Crippen LogP contribution in [-0.4, -0.2) is 29.7 Å². The maximum Gasteiger partial charge on any atom is 0.263 e. The maximum atomic E-state index is 12.0. The summed E-state index contributed by atoms with van der Waals surface area (Å²) < 4.78 is 1.16. The quantitative estimate of drug-likeness (QED) is 0.796. The smallest absolute Gasteiger partial charge is 0.263 e. The minimum Gasteiger partial charge on any atom is -0.340 e. The van der Waals surface area contributed by atoms with Crippen molar-refractivity contribution in [1.82, 2.24) is 4.90 Å². The zero-order chi connectivity index (χ0) is 11.5. The number of hydrogen-bond donors (Lipinski definition) is 0. The molecule has 1 aromatic carbocycles. The molecule has 2 nitrogen and oxygen atoms in total. The molecule has 0 unspecified atom stereocenters. The van der Waals surface area contributed by atoms with Crippen molar-refractivity contribution in [3.05, 3.63) is 35.2 Å². The van der Waals surface area contributed by atoms with E-state index in [2.05, 4.69) is 15.9 Å². The van der Waals surface area contributed by atoms with Gasteiger partial charge in [0.2, 0.25) is 0 Å². The number of alkyl halides is 1. The fourth-order valence-corrected chi connectivity index (χ4v) is 3.09. The Morgan fingerprint density at radius 2 is 2.19 bits per heavy atom. The largest absolute Gasteiger partial charge is 0.340 e. The van der Waals surface area contributed by atoms with Gasteiger partial charge in [0.15, 0.2) is 0 Å². The Balaban J connectivity index is 2.29. The van der Waals surface area contributed by atoms with Gasteiger partial charge in [0.25, 0.3) is 5.91 Å². The third kappa shape index (κ3) is 2.28. The zero-order valence-corrected chi connectivity index (χ0v) is 11.3. The molecular weight excluding hydrogens is 286 g/mol. The number of fused-ring (bicyclic) bond motifs is 1. The molecule has 0 radical (unpaired) electrons. The summed E-state index contributed by atoms with van der Waals surface area (Å²) in [5.74, 6) is 0.0978. The summed E-state index contributed by atoms with van der Waals surface area (Å²) in [6.45, 7) is 0.729. The fourth-order valence-electron chi connectivity index (χ4n) is 1.50. The molecule has 0 aliphatic rings. The number of amides is 1. The number of benzene rings is 1. The van der Waals surface area contributed by atoms with Crippen LogP contribution in [0.25, 0.3) is 10.1 Å². The zero-order valence-electron chi connectivity index (χ0n) is 8.94. The highest BCUT2D eigenvalue weighted by Gasteiger charge is 2.13. The number of halogens is 1. The van der Waals surface area contributed by atoms with Gasteiger partial charge in [0, 0.05) is 23.6 Å². The highest BCUT2D eigenvalue weighted by Crippen LogP contribution is 2.25. The van der Waals surface area contributed by atoms with Crippen molar-refractivity contribution in [2.75, 3.05) is 18.9 Å². The molecule has 0 spiro atoms. The molecule has 1 aromatic heterocycles. The van der Waals surface area contributed by atoms with Gasteiger partial charge in [-0.15, -0.1) is 11.3 Å². The van der Waals surface area contributed by atoms with Gasteiger partial charge in [-0.05, 0) is 17.5 Å². The van der Waals surface area contributed by atoms with E-state index in [-0.39, 0.29) is 5.91 Å². The molecule has 1 amide bonds. The fraction of sp³-hybridized carbons (Fsp3) is 0.250. The van der Waals surface area contributed by atoms with Crippen LogP contribution in [0.1, 0.15) is 9.67 Å². The minimum atomic E-state index is 0.0978. The van der Waals surface area contributed by atoms with Gasteiger partial charge in [0.1, 0.15) is 0 Å². The van der Waals surface area contributed by atoms with Crippen molar-refractivity contribution >= 4 is 43.3 Å². The topological polar surface area (TPSA) is 20.3 Å². The summed E-state index contributed by atoms with van der Waals surface area (Å²) in [4.78, 5) is 14.6. The second-order valence-electron chi connectivity index (χ2n) is 3.56. The molecule has 0 N–H and O–H groups in total. The van der Waals surface area contributed by atoms with Crippen molar-refractivity contribution in [1.29, 1.82) is 0 Å². The Bertz CT molecular complexity index is 475. The molecule has 2 aromatic rings. The molecule has 0 aliphatic heterocycles. The summed E-state index contributed by atoms with van der Waals surface area (Å²) in [5.41, 5.74) is 0. The summed E-state index contributed by atoms with van der Waals surface area (Å²) in [6, 6.07) is 10.0. The predicted octanol–water partition coefficient (Wildman–Crippen LogP) is 3.37. The number of carbonyl (C=O) groups excluding carboxylic acids is 1. The van der Waals surface area contributed by atoms with Gasteiger partial charge in [0.05, 0.1) is 4.88 Å². The van der Waals surface area contributed by atoms with Crippen molar-refractivity contribution in [2.24, 2.45) is 0 Å². The van der Waals surface area contributed by atoms with E-state index in [0.29, 0.717) is 0 Å². The van der Waals surface area contributed by atoms with Crippen LogP contribution in [0.5, 0.6) is 0 Å². The lowest BCUT2D eigenvalue weighted by molar-refractivity contribution is 0.0809. The summed E-state index contributed by atoms with van der Waals surface area (Å²) in [6.07, 6.45) is 0. The Hall–Kier alpha value is -0.870. The first-order valence-electron chi connectivity index (χ1n) is 5.02. The van der Waals surface area contributed by atoms with Crippen LogP contribution in [-0.2, 0) is 0 Å². The van der Waals surface area contributed by atoms with Crippen LogP contribution in [0.4, 0.5) is 0 Å². The molecule has 0 bridgehead atoms. The lowest BCUT2D eigenvalue weighted by Gasteiger charge is -2.13. The molecule has 16 heavy (non-hydrogen) atoms. The highest BCUT2D eigenvalue weighted by atomic mass is 79.9. The molecule has 2 rings (SSSR count). The van der Waals surface area contributed by atoms with Crippen molar-refractivity contribution < 1.29 is 4.79 Å². The van der Waals surface area contributed by atoms with Gasteiger partial charge in [-0.25, -0.2) is 0 Å². The van der Waals surface area contributed by atoms with Crippen LogP contribution in [0.3, 0.4) is 0 Å². The van der Waals surface area contributed by atoms with Crippen LogP contribution in [0.15, 0.2) is 30.3 Å². The maximum absolute atomic E-state index is 12.0. The first-order valence-corrected chi connectivity index (χ1v) is 6.96. The monoisotopic (exact) mass is 297 g/mol. The molecule has 84 valence electrons. The average Bonchev–Trinajstić information content (AvgIpc) is 2.71. The minimum absolute atomic E-state index is 0.0978. The van der Waals surface area contributed by atoms with Crippen LogP contribution in [0.2, 0.25) is 0 Å². The predicted molar refractivity (Wildman–Crippen MR) is 72.6 cm³/mol. The first-order chi connectivity index (χ1) is 7.72. The van der Waals surface area contributed by atoms with E-state index in [0.717, 1.165) is 26.8 Å². The van der Waals surface area contributed by atoms with Crippen LogP contribution in [0, 0.1) is 0 Å². The number of hydrogen-bond acceptors (Lipinski definition) is 2. The van der Waals surface area contributed by atoms with Gasteiger partial charge in [-0.1, -0.05) is 34.1 Å². The third-order valence-electron chi connectivity index (χ3n) is 2.40. The normalized spacial score (nSPS) is 10.6. The molecule has 0 saturated heterocycles. The second-order valence-corrected chi connectivity index (χ2v) is 5.44. The second kappa shape index (κ2) is 4.97. The van der Waals surface area contributed by atoms with E-state index in [1.807, 2.05) is 37.4 Å². The van der Waals surface area contributed by atoms with Crippen LogP contribution < -0.4 is 0 Å². The summed E-state index contributed by atoms with van der Waals surface area (Å²) >= 11 is 4.89. The average molecular weight is 298 g/mol. The van der Waals surface area contributed by atoms with E-state index in [1.165, 1.54) is 0 Å². The Morgan fingerprint density at radius 3 is 2.88 bits per heavy atom. The van der Waals surface area contributed by atoms with Gasteiger partial charge in [-0.2, -0.15) is 0 Å². The van der Waals surface area contributed by atoms with Gasteiger partial charge in [-0.3, -0.25) is 4.79 Å². The molecule has 0 saturated carbocycles. The number of rotatable bonds is 3. The number of nitrogens with zero attached hydrogens (tertiary/aromatic N) is 1. The molecular formula is C12H12BrNOS. The summed E-state index contributed by atoms with van der Waals surface area (Å²) in [5, 5.41) is 1.95. The lowest BCUT2D eigenvalue weighted by atomic mass is 10.2. The third-order valence-corrected chi connectivity index (χ3v) is 3.86. The Labute approximate surface area is 107 Å². The molecule has 0 fully saturated rings. The highest BCUT2D eigenvalue weighted by molar-refractivity contribution is 9.09. The van der Waals surface area contributed by atoms with E-state index in [1.54, 1.807) is 16.2 Å². The van der Waals surface area contributed by atoms with E-state index < -0.39 is 0 Å². The van der Waals surface area contributed by atoms with Gasteiger partial charge >= 0.3 is 0 Å². The number of carbonyl (C=O) groups is 1. The standard InChI is InChI=1S/C12H12BrNOS/c1-14(7-6-13)12(15)11-8-9-4-2-3-5-10(9)16-11/h2-5,8H,6-7H2,1H3. The lowest BCUT2D eigenvalue weighted by Crippen LogP contribution is -2.27. The van der Waals surface area contributed by atoms with Crippen molar-refractivity contribution in [2.45, 2.75) is 0 Å². The van der Waals surface area contributed by atoms with Crippen molar-refractivity contribution in [3.63, 3.8) is 0 Å². The van der Waals surface area contributed by atoms with Crippen LogP contribution >= 0.6 is 27.3 Å².